The average molecular weight is 566 g/mol. The number of carbonyl (C=O) groups excluding carboxylic acids is 2. The fourth-order valence-electron chi connectivity index (χ4n) is 4.24. The van der Waals surface area contributed by atoms with Crippen LogP contribution in [-0.2, 0) is 17.5 Å². The lowest BCUT2D eigenvalue weighted by molar-refractivity contribution is -0.138. The number of nitrogens with zero attached hydrogens (tertiary/aromatic N) is 4. The van der Waals surface area contributed by atoms with Gasteiger partial charge in [-0.1, -0.05) is 17.9 Å². The van der Waals surface area contributed by atoms with Crippen LogP contribution in [0, 0.1) is 18.8 Å². The quantitative estimate of drug-likeness (QED) is 0.393. The summed E-state index contributed by atoms with van der Waals surface area (Å²) in [5.74, 6) is 6.34. The van der Waals surface area contributed by atoms with Crippen LogP contribution in [-0.4, -0.2) is 64.9 Å². The Labute approximate surface area is 236 Å². The number of hydrogen-bond acceptors (Lipinski definition) is 6. The van der Waals surface area contributed by atoms with Crippen LogP contribution >= 0.6 is 0 Å². The standard InChI is InChI=1S/C29H30F3N7O2/c1-19-22(7-9-26(34-19)35-20(2)40)5-4-21-10-11-33-27(16-21)37-28(41)36-24-8-6-23(25(17-24)29(30,31)32)18-39-14-12-38(3)13-15-39/h6-11,16-17H,12-15,18H2,1-3H3,(H,34,35,40)(H2,33,36,37,41). The molecule has 1 saturated heterocycles. The van der Waals surface area contributed by atoms with Crippen LogP contribution in [0.5, 0.6) is 0 Å². The first-order valence-electron chi connectivity index (χ1n) is 12.9. The molecule has 2 aromatic heterocycles. The maximum atomic E-state index is 13.9. The van der Waals surface area contributed by atoms with Gasteiger partial charge in [-0.25, -0.2) is 14.8 Å². The molecule has 12 heteroatoms. The number of nitrogens with one attached hydrogen (secondary N) is 3. The van der Waals surface area contributed by atoms with Gasteiger partial charge in [-0.05, 0) is 55.9 Å². The number of aryl methyl sites for hydroxylation is 1. The van der Waals surface area contributed by atoms with Crippen molar-refractivity contribution in [2.45, 2.75) is 26.6 Å². The van der Waals surface area contributed by atoms with Gasteiger partial charge < -0.3 is 15.5 Å². The van der Waals surface area contributed by atoms with E-state index in [-0.39, 0.29) is 29.5 Å². The van der Waals surface area contributed by atoms with E-state index in [9.17, 15) is 22.8 Å². The fourth-order valence-corrected chi connectivity index (χ4v) is 4.24. The lowest BCUT2D eigenvalue weighted by Gasteiger charge is -2.33. The summed E-state index contributed by atoms with van der Waals surface area (Å²) in [7, 11) is 1.98. The topological polar surface area (TPSA) is 102 Å². The van der Waals surface area contributed by atoms with Gasteiger partial charge >= 0.3 is 12.2 Å². The zero-order chi connectivity index (χ0) is 29.6. The van der Waals surface area contributed by atoms with Gasteiger partial charge in [0.05, 0.1) is 11.3 Å². The Bertz CT molecular complexity index is 1490. The van der Waals surface area contributed by atoms with Gasteiger partial charge in [-0.2, -0.15) is 13.2 Å². The third-order valence-electron chi connectivity index (χ3n) is 6.40. The molecule has 214 valence electrons. The number of rotatable bonds is 5. The Kier molecular flexibility index (Phi) is 9.21. The molecule has 0 saturated carbocycles. The number of urea groups is 1. The second kappa shape index (κ2) is 12.8. The third-order valence-corrected chi connectivity index (χ3v) is 6.40. The maximum absolute atomic E-state index is 13.9. The number of carbonyl (C=O) groups is 2. The Morgan fingerprint density at radius 1 is 0.951 bits per heavy atom. The Hall–Kier alpha value is -4.47. The summed E-state index contributed by atoms with van der Waals surface area (Å²) >= 11 is 0. The predicted molar refractivity (Wildman–Crippen MR) is 150 cm³/mol. The zero-order valence-corrected chi connectivity index (χ0v) is 22.9. The van der Waals surface area contributed by atoms with Crippen molar-refractivity contribution in [3.63, 3.8) is 0 Å². The van der Waals surface area contributed by atoms with E-state index in [2.05, 4.69) is 42.7 Å². The summed E-state index contributed by atoms with van der Waals surface area (Å²) in [6.45, 7) is 6.32. The molecule has 1 aliphatic rings. The molecule has 1 aliphatic heterocycles. The molecule has 3 heterocycles. The third kappa shape index (κ3) is 8.51. The van der Waals surface area contributed by atoms with Crippen molar-refractivity contribution in [1.29, 1.82) is 0 Å². The van der Waals surface area contributed by atoms with Gasteiger partial charge in [-0.15, -0.1) is 0 Å². The first-order chi connectivity index (χ1) is 19.5. The highest BCUT2D eigenvalue weighted by molar-refractivity contribution is 5.99. The number of anilines is 3. The molecule has 1 fully saturated rings. The van der Waals surface area contributed by atoms with E-state index in [0.717, 1.165) is 19.2 Å². The number of aromatic nitrogens is 2. The van der Waals surface area contributed by atoms with Crippen molar-refractivity contribution in [2.75, 3.05) is 49.2 Å². The van der Waals surface area contributed by atoms with Crippen molar-refractivity contribution in [1.82, 2.24) is 19.8 Å². The summed E-state index contributed by atoms with van der Waals surface area (Å²) in [6, 6.07) is 9.66. The van der Waals surface area contributed by atoms with Gasteiger partial charge in [0.1, 0.15) is 11.6 Å². The number of halogens is 3. The molecule has 3 aromatic rings. The lowest BCUT2D eigenvalue weighted by atomic mass is 10.0. The van der Waals surface area contributed by atoms with E-state index in [1.54, 1.807) is 31.2 Å². The molecule has 41 heavy (non-hydrogen) atoms. The first-order valence-corrected chi connectivity index (χ1v) is 12.9. The van der Waals surface area contributed by atoms with Crippen LogP contribution in [0.4, 0.5) is 35.3 Å². The van der Waals surface area contributed by atoms with Crippen LogP contribution in [0.25, 0.3) is 0 Å². The Morgan fingerprint density at radius 2 is 1.71 bits per heavy atom. The van der Waals surface area contributed by atoms with Gasteiger partial charge in [0, 0.05) is 62.7 Å². The highest BCUT2D eigenvalue weighted by Crippen LogP contribution is 2.34. The van der Waals surface area contributed by atoms with Crippen molar-refractivity contribution < 1.29 is 22.8 Å². The van der Waals surface area contributed by atoms with Crippen LogP contribution in [0.15, 0.2) is 48.7 Å². The number of benzene rings is 1. The van der Waals surface area contributed by atoms with E-state index in [4.69, 9.17) is 0 Å². The smallest absolute Gasteiger partial charge is 0.311 e. The molecule has 0 atom stereocenters. The Morgan fingerprint density at radius 3 is 2.39 bits per heavy atom. The largest absolute Gasteiger partial charge is 0.416 e. The normalized spacial score (nSPS) is 14.1. The van der Waals surface area contributed by atoms with Crippen LogP contribution in [0.2, 0.25) is 0 Å². The fraction of sp³-hybridized carbons (Fsp3) is 0.310. The molecule has 3 amide bonds. The molecule has 0 aliphatic carbocycles. The minimum absolute atomic E-state index is 0.0126. The number of alkyl halides is 3. The number of pyridine rings is 2. The molecule has 0 unspecified atom stereocenters. The number of hydrogen-bond donors (Lipinski definition) is 3. The van der Waals surface area contributed by atoms with Crippen molar-refractivity contribution in [2.24, 2.45) is 0 Å². The van der Waals surface area contributed by atoms with E-state index in [1.807, 2.05) is 11.9 Å². The summed E-state index contributed by atoms with van der Waals surface area (Å²) in [6.07, 6.45) is -3.11. The van der Waals surface area contributed by atoms with Gasteiger partial charge in [0.15, 0.2) is 0 Å². The molecule has 9 nitrogen and oxygen atoms in total. The predicted octanol–water partition coefficient (Wildman–Crippen LogP) is 4.55. The minimum atomic E-state index is -4.57. The second-order valence-corrected chi connectivity index (χ2v) is 9.72. The van der Waals surface area contributed by atoms with Gasteiger partial charge in [0.25, 0.3) is 0 Å². The minimum Gasteiger partial charge on any atom is -0.311 e. The molecule has 3 N–H and O–H groups in total. The van der Waals surface area contributed by atoms with Crippen LogP contribution in [0.3, 0.4) is 0 Å². The van der Waals surface area contributed by atoms with E-state index in [1.165, 1.54) is 25.3 Å². The summed E-state index contributed by atoms with van der Waals surface area (Å²) < 4.78 is 41.6. The first kappa shape index (κ1) is 29.5. The van der Waals surface area contributed by atoms with Gasteiger partial charge in [-0.3, -0.25) is 15.0 Å². The SMILES string of the molecule is CC(=O)Nc1ccc(C#Cc2ccnc(NC(=O)Nc3ccc(CN4CCN(C)CC4)c(C(F)(F)F)c3)c2)c(C)n1. The molecular weight excluding hydrogens is 535 g/mol. The summed E-state index contributed by atoms with van der Waals surface area (Å²) in [4.78, 5) is 36.3. The summed E-state index contributed by atoms with van der Waals surface area (Å²) in [5.41, 5.74) is 1.23. The highest BCUT2D eigenvalue weighted by atomic mass is 19.4. The number of amides is 3. The molecular formula is C29H30F3N7O2. The number of likely N-dealkylation sites (N-methyl/N-ethyl adjacent to an activating group) is 1. The van der Waals surface area contributed by atoms with E-state index >= 15 is 0 Å². The zero-order valence-electron chi connectivity index (χ0n) is 22.9. The average Bonchev–Trinajstić information content (AvgIpc) is 2.89. The van der Waals surface area contributed by atoms with E-state index < -0.39 is 17.8 Å². The van der Waals surface area contributed by atoms with Crippen molar-refractivity contribution >= 4 is 29.3 Å². The molecule has 0 spiro atoms. The van der Waals surface area contributed by atoms with Crippen molar-refractivity contribution in [3.8, 4) is 11.8 Å². The maximum Gasteiger partial charge on any atom is 0.416 e. The van der Waals surface area contributed by atoms with Gasteiger partial charge in [0.2, 0.25) is 5.91 Å². The Balaban J connectivity index is 1.42. The lowest BCUT2D eigenvalue weighted by Crippen LogP contribution is -2.44. The van der Waals surface area contributed by atoms with Crippen LogP contribution in [0.1, 0.15) is 34.9 Å². The van der Waals surface area contributed by atoms with E-state index in [0.29, 0.717) is 35.7 Å². The highest BCUT2D eigenvalue weighted by Gasteiger charge is 2.34. The molecule has 1 aromatic carbocycles. The van der Waals surface area contributed by atoms with Crippen molar-refractivity contribution in [3.05, 3.63) is 76.6 Å². The summed E-state index contributed by atoms with van der Waals surface area (Å²) in [5, 5.41) is 7.60. The van der Waals surface area contributed by atoms with Crippen LogP contribution < -0.4 is 16.0 Å². The molecule has 0 bridgehead atoms. The second-order valence-electron chi connectivity index (χ2n) is 9.72. The number of piperazine rings is 1. The molecule has 0 radical (unpaired) electrons. The molecule has 4 rings (SSSR count). The monoisotopic (exact) mass is 565 g/mol.